The minimum atomic E-state index is -0.928. The van der Waals surface area contributed by atoms with Crippen molar-refractivity contribution in [2.75, 3.05) is 0 Å². The van der Waals surface area contributed by atoms with Crippen molar-refractivity contribution in [3.8, 4) is 0 Å². The maximum atomic E-state index is 10.6. The quantitative estimate of drug-likeness (QED) is 0.712. The van der Waals surface area contributed by atoms with E-state index in [9.17, 15) is 4.79 Å². The van der Waals surface area contributed by atoms with Gasteiger partial charge in [-0.25, -0.2) is 0 Å². The highest BCUT2D eigenvalue weighted by Crippen LogP contribution is 2.26. The van der Waals surface area contributed by atoms with Crippen molar-refractivity contribution in [3.05, 3.63) is 30.2 Å². The summed E-state index contributed by atoms with van der Waals surface area (Å²) in [6.45, 7) is 0. The second-order valence-corrected chi connectivity index (χ2v) is 3.51. The Kier molecular flexibility index (Phi) is 1.73. The molecular weight excluding hydrogens is 210 g/mol. The van der Waals surface area contributed by atoms with Gasteiger partial charge in [0.2, 0.25) is 0 Å². The number of hydrogen-bond donors (Lipinski definition) is 1. The zero-order valence-electron chi connectivity index (χ0n) is 8.14. The van der Waals surface area contributed by atoms with Crippen LogP contribution in [0, 0.1) is 0 Å². The molecule has 0 saturated heterocycles. The maximum Gasteiger partial charge on any atom is 0.309 e. The van der Waals surface area contributed by atoms with Crippen LogP contribution in [0.5, 0.6) is 0 Å². The average molecular weight is 217 g/mol. The maximum absolute atomic E-state index is 10.6. The third-order valence-electron chi connectivity index (χ3n) is 2.44. The molecule has 0 aliphatic heterocycles. The van der Waals surface area contributed by atoms with E-state index < -0.39 is 5.97 Å². The van der Waals surface area contributed by atoms with Crippen molar-refractivity contribution in [2.24, 2.45) is 0 Å². The molecule has 3 rings (SSSR count). The zero-order chi connectivity index (χ0) is 11.1. The summed E-state index contributed by atoms with van der Waals surface area (Å²) >= 11 is 0. The van der Waals surface area contributed by atoms with Gasteiger partial charge in [-0.2, -0.15) is 0 Å². The van der Waals surface area contributed by atoms with Crippen LogP contribution in [0.3, 0.4) is 0 Å². The molecule has 80 valence electrons. The van der Waals surface area contributed by atoms with Crippen molar-refractivity contribution in [1.82, 2.24) is 5.16 Å². The number of aromatic nitrogens is 1. The van der Waals surface area contributed by atoms with E-state index >= 15 is 0 Å². The number of benzene rings is 1. The fraction of sp³-hybridized carbons (Fsp3) is 0.0909. The van der Waals surface area contributed by atoms with Crippen LogP contribution in [0.25, 0.3) is 21.9 Å². The second kappa shape index (κ2) is 3.10. The highest BCUT2D eigenvalue weighted by molar-refractivity contribution is 5.95. The Morgan fingerprint density at radius 2 is 2.25 bits per heavy atom. The summed E-state index contributed by atoms with van der Waals surface area (Å²) in [7, 11) is 0. The second-order valence-electron chi connectivity index (χ2n) is 3.51. The number of rotatable bonds is 2. The molecule has 3 aromatic rings. The molecular formula is C11H7NO4. The lowest BCUT2D eigenvalue weighted by molar-refractivity contribution is -0.136. The molecule has 0 atom stereocenters. The average Bonchev–Trinajstić information content (AvgIpc) is 2.81. The first-order valence-electron chi connectivity index (χ1n) is 4.71. The lowest BCUT2D eigenvalue weighted by Crippen LogP contribution is -2.00. The Hall–Kier alpha value is -2.30. The van der Waals surface area contributed by atoms with Gasteiger partial charge in [0.1, 0.15) is 11.3 Å². The molecule has 0 bridgehead atoms. The van der Waals surface area contributed by atoms with Crippen LogP contribution in [0.15, 0.2) is 33.4 Å². The molecule has 16 heavy (non-hydrogen) atoms. The van der Waals surface area contributed by atoms with Crippen LogP contribution in [0.4, 0.5) is 0 Å². The number of carboxylic acids is 1. The fourth-order valence-corrected chi connectivity index (χ4v) is 1.72. The van der Waals surface area contributed by atoms with E-state index in [1.807, 2.05) is 12.1 Å². The molecule has 0 radical (unpaired) electrons. The summed E-state index contributed by atoms with van der Waals surface area (Å²) in [5, 5.41) is 14.1. The number of hydrogen-bond acceptors (Lipinski definition) is 4. The van der Waals surface area contributed by atoms with Gasteiger partial charge in [0.15, 0.2) is 5.58 Å². The van der Waals surface area contributed by atoms with Gasteiger partial charge in [-0.3, -0.25) is 4.79 Å². The topological polar surface area (TPSA) is 76.5 Å². The van der Waals surface area contributed by atoms with Crippen molar-refractivity contribution in [1.29, 1.82) is 0 Å². The predicted octanol–water partition coefficient (Wildman–Crippen LogP) is 2.20. The van der Waals surface area contributed by atoms with E-state index in [0.29, 0.717) is 16.9 Å². The van der Waals surface area contributed by atoms with Gasteiger partial charge in [-0.05, 0) is 12.1 Å². The van der Waals surface area contributed by atoms with E-state index in [4.69, 9.17) is 14.0 Å². The van der Waals surface area contributed by atoms with Crippen LogP contribution in [0.1, 0.15) is 5.69 Å². The first kappa shape index (κ1) is 8.96. The fourth-order valence-electron chi connectivity index (χ4n) is 1.72. The van der Waals surface area contributed by atoms with Crippen LogP contribution >= 0.6 is 0 Å². The molecule has 5 nitrogen and oxygen atoms in total. The zero-order valence-corrected chi connectivity index (χ0v) is 8.14. The van der Waals surface area contributed by atoms with Gasteiger partial charge < -0.3 is 14.0 Å². The standard InChI is InChI=1S/C11H7NO4/c13-11(14)4-8-7-3-6-1-2-15-9(6)5-10(7)16-12-8/h1-3,5H,4H2,(H,13,14). The summed E-state index contributed by atoms with van der Waals surface area (Å²) in [5.41, 5.74) is 1.68. The molecule has 2 heterocycles. The number of aliphatic carboxylic acids is 1. The molecule has 1 aromatic carbocycles. The number of fused-ring (bicyclic) bond motifs is 2. The van der Waals surface area contributed by atoms with Crippen LogP contribution in [0.2, 0.25) is 0 Å². The van der Waals surface area contributed by atoms with Crippen molar-refractivity contribution in [2.45, 2.75) is 6.42 Å². The number of furan rings is 1. The van der Waals surface area contributed by atoms with Gasteiger partial charge >= 0.3 is 5.97 Å². The molecule has 0 fully saturated rings. The highest BCUT2D eigenvalue weighted by Gasteiger charge is 2.13. The molecule has 0 aliphatic rings. The molecule has 0 amide bonds. The Bertz CT molecular complexity index is 679. The van der Waals surface area contributed by atoms with E-state index in [0.717, 1.165) is 10.8 Å². The lowest BCUT2D eigenvalue weighted by atomic mass is 10.1. The SMILES string of the molecule is O=C(O)Cc1noc2cc3occc3cc12. The minimum absolute atomic E-state index is 0.143. The van der Waals surface area contributed by atoms with Crippen molar-refractivity contribution < 1.29 is 18.8 Å². The Labute approximate surface area is 89.2 Å². The lowest BCUT2D eigenvalue weighted by Gasteiger charge is -1.91. The molecule has 0 unspecified atom stereocenters. The van der Waals surface area contributed by atoms with E-state index in [1.165, 1.54) is 0 Å². The van der Waals surface area contributed by atoms with Gasteiger partial charge in [-0.1, -0.05) is 5.16 Å². The van der Waals surface area contributed by atoms with E-state index in [2.05, 4.69) is 5.16 Å². The summed E-state index contributed by atoms with van der Waals surface area (Å²) in [6.07, 6.45) is 1.43. The molecule has 2 aromatic heterocycles. The largest absolute Gasteiger partial charge is 0.481 e. The smallest absolute Gasteiger partial charge is 0.309 e. The van der Waals surface area contributed by atoms with Gasteiger partial charge in [0, 0.05) is 16.8 Å². The van der Waals surface area contributed by atoms with Crippen LogP contribution in [-0.4, -0.2) is 16.2 Å². The Morgan fingerprint density at radius 1 is 1.38 bits per heavy atom. The number of carbonyl (C=O) groups is 1. The Morgan fingerprint density at radius 3 is 3.06 bits per heavy atom. The molecule has 0 saturated carbocycles. The minimum Gasteiger partial charge on any atom is -0.481 e. The van der Waals surface area contributed by atoms with Gasteiger partial charge in [-0.15, -0.1) is 0 Å². The highest BCUT2D eigenvalue weighted by atomic mass is 16.5. The predicted molar refractivity (Wildman–Crippen MR) is 55.1 cm³/mol. The first-order valence-corrected chi connectivity index (χ1v) is 4.71. The van der Waals surface area contributed by atoms with Crippen molar-refractivity contribution >= 4 is 27.9 Å². The summed E-state index contributed by atoms with van der Waals surface area (Å²) < 4.78 is 10.3. The summed E-state index contributed by atoms with van der Waals surface area (Å²) in [4.78, 5) is 10.6. The van der Waals surface area contributed by atoms with E-state index in [-0.39, 0.29) is 6.42 Å². The normalized spacial score (nSPS) is 11.2. The molecule has 0 spiro atoms. The molecule has 5 heteroatoms. The summed E-state index contributed by atoms with van der Waals surface area (Å²) in [5.74, 6) is -0.928. The van der Waals surface area contributed by atoms with Gasteiger partial charge in [0.25, 0.3) is 0 Å². The summed E-state index contributed by atoms with van der Waals surface area (Å²) in [6, 6.07) is 5.35. The monoisotopic (exact) mass is 217 g/mol. The molecule has 0 aliphatic carbocycles. The first-order chi connectivity index (χ1) is 7.74. The van der Waals surface area contributed by atoms with Crippen molar-refractivity contribution in [3.63, 3.8) is 0 Å². The Balaban J connectivity index is 2.27. The van der Waals surface area contributed by atoms with Gasteiger partial charge in [0.05, 0.1) is 12.7 Å². The molecule has 1 N–H and O–H groups in total. The third-order valence-corrected chi connectivity index (χ3v) is 2.44. The van der Waals surface area contributed by atoms with Crippen LogP contribution < -0.4 is 0 Å². The van der Waals surface area contributed by atoms with Crippen LogP contribution in [-0.2, 0) is 11.2 Å². The number of carboxylic acid groups (broad SMARTS) is 1. The van der Waals surface area contributed by atoms with E-state index in [1.54, 1.807) is 12.3 Å². The number of nitrogens with zero attached hydrogens (tertiary/aromatic N) is 1. The third kappa shape index (κ3) is 1.25.